The summed E-state index contributed by atoms with van der Waals surface area (Å²) in [6, 6.07) is 14.8. The molecule has 1 atom stereocenters. The highest BCUT2D eigenvalue weighted by atomic mass is 16.2. The first-order valence-electron chi connectivity index (χ1n) is 9.20. The number of hydrogen-bond donors (Lipinski definition) is 2. The highest BCUT2D eigenvalue weighted by Gasteiger charge is 2.24. The second-order valence-corrected chi connectivity index (χ2v) is 7.29. The van der Waals surface area contributed by atoms with E-state index in [1.54, 1.807) is 6.07 Å². The number of anilines is 1. The summed E-state index contributed by atoms with van der Waals surface area (Å²) in [6.07, 6.45) is 0. The molecule has 2 aromatic carbocycles. The van der Waals surface area contributed by atoms with Gasteiger partial charge < -0.3 is 15.5 Å². The van der Waals surface area contributed by atoms with E-state index in [1.807, 2.05) is 82.2 Å². The molecule has 0 heterocycles. The normalized spacial score (nSPS) is 11.8. The molecule has 0 saturated heterocycles. The van der Waals surface area contributed by atoms with Crippen LogP contribution in [0.3, 0.4) is 0 Å². The van der Waals surface area contributed by atoms with E-state index >= 15 is 0 Å². The van der Waals surface area contributed by atoms with Crippen molar-refractivity contribution >= 4 is 17.5 Å². The van der Waals surface area contributed by atoms with Crippen LogP contribution in [-0.4, -0.2) is 32.0 Å². The van der Waals surface area contributed by atoms with Gasteiger partial charge in [-0.1, -0.05) is 44.2 Å². The maximum atomic E-state index is 12.7. The molecule has 144 valence electrons. The van der Waals surface area contributed by atoms with Gasteiger partial charge in [0.2, 0.25) is 5.91 Å². The zero-order valence-electron chi connectivity index (χ0n) is 16.7. The Labute approximate surface area is 161 Å². The monoisotopic (exact) mass is 367 g/mol. The Morgan fingerprint density at radius 3 is 2.19 bits per heavy atom. The molecule has 0 saturated carbocycles. The molecule has 5 heteroatoms. The molecule has 2 rings (SSSR count). The van der Waals surface area contributed by atoms with Gasteiger partial charge in [0.1, 0.15) is 6.04 Å². The zero-order chi connectivity index (χ0) is 20.0. The van der Waals surface area contributed by atoms with Crippen molar-refractivity contribution in [2.24, 2.45) is 5.92 Å². The minimum atomic E-state index is -0.585. The van der Waals surface area contributed by atoms with Crippen LogP contribution >= 0.6 is 0 Å². The Morgan fingerprint density at radius 1 is 1.00 bits per heavy atom. The third kappa shape index (κ3) is 5.58. The molecule has 0 fully saturated rings. The average molecular weight is 367 g/mol. The molecule has 27 heavy (non-hydrogen) atoms. The van der Waals surface area contributed by atoms with Crippen molar-refractivity contribution in [1.29, 1.82) is 0 Å². The summed E-state index contributed by atoms with van der Waals surface area (Å²) < 4.78 is 0. The second-order valence-electron chi connectivity index (χ2n) is 7.29. The lowest BCUT2D eigenvalue weighted by molar-refractivity contribution is -0.124. The molecule has 0 aromatic heterocycles. The maximum absolute atomic E-state index is 12.7. The minimum Gasteiger partial charge on any atom is -0.378 e. The highest BCUT2D eigenvalue weighted by Crippen LogP contribution is 2.13. The van der Waals surface area contributed by atoms with Gasteiger partial charge in [0.25, 0.3) is 5.91 Å². The number of amides is 2. The molecule has 2 aromatic rings. The van der Waals surface area contributed by atoms with Gasteiger partial charge in [-0.05, 0) is 42.2 Å². The fourth-order valence-electron chi connectivity index (χ4n) is 2.79. The predicted molar refractivity (Wildman–Crippen MR) is 110 cm³/mol. The molecule has 0 unspecified atom stereocenters. The fraction of sp³-hybridized carbons (Fsp3) is 0.364. The van der Waals surface area contributed by atoms with Crippen LogP contribution in [0.4, 0.5) is 5.69 Å². The Bertz CT molecular complexity index is 782. The number of nitrogens with zero attached hydrogens (tertiary/aromatic N) is 1. The summed E-state index contributed by atoms with van der Waals surface area (Å²) in [7, 11) is 3.97. The molecule has 5 nitrogen and oxygen atoms in total. The summed E-state index contributed by atoms with van der Waals surface area (Å²) in [5.41, 5.74) is 3.60. The van der Waals surface area contributed by atoms with Gasteiger partial charge in [-0.15, -0.1) is 0 Å². The van der Waals surface area contributed by atoms with Crippen LogP contribution in [0.2, 0.25) is 0 Å². The first-order chi connectivity index (χ1) is 12.8. The van der Waals surface area contributed by atoms with Gasteiger partial charge in [0, 0.05) is 31.9 Å². The first-order valence-corrected chi connectivity index (χ1v) is 9.20. The Morgan fingerprint density at radius 2 is 1.63 bits per heavy atom. The van der Waals surface area contributed by atoms with Crippen molar-refractivity contribution in [3.63, 3.8) is 0 Å². The summed E-state index contributed by atoms with van der Waals surface area (Å²) in [5.74, 6) is -0.421. The predicted octanol–water partition coefficient (Wildman–Crippen LogP) is 3.13. The lowest BCUT2D eigenvalue weighted by Crippen LogP contribution is -2.49. The van der Waals surface area contributed by atoms with Crippen molar-refractivity contribution < 1.29 is 9.59 Å². The van der Waals surface area contributed by atoms with Crippen LogP contribution < -0.4 is 15.5 Å². The molecular formula is C22H29N3O2. The van der Waals surface area contributed by atoms with Gasteiger partial charge in [0.05, 0.1) is 0 Å². The van der Waals surface area contributed by atoms with Crippen molar-refractivity contribution in [2.75, 3.05) is 19.0 Å². The standard InChI is InChI=1S/C22H29N3O2/c1-15(2)20(24-21(26)19-9-7-6-8-16(19)3)22(27)23-14-17-10-12-18(13-11-17)25(4)5/h6-13,15,20H,14H2,1-5H3,(H,23,27)(H,24,26)/t20-/m0/s1. The first kappa shape index (κ1) is 20.5. The van der Waals surface area contributed by atoms with Crippen LogP contribution in [0.15, 0.2) is 48.5 Å². The van der Waals surface area contributed by atoms with E-state index < -0.39 is 6.04 Å². The van der Waals surface area contributed by atoms with E-state index in [0.29, 0.717) is 12.1 Å². The van der Waals surface area contributed by atoms with E-state index in [2.05, 4.69) is 10.6 Å². The van der Waals surface area contributed by atoms with Crippen LogP contribution in [-0.2, 0) is 11.3 Å². The molecule has 0 spiro atoms. The molecule has 0 bridgehead atoms. The van der Waals surface area contributed by atoms with E-state index in [-0.39, 0.29) is 17.7 Å². The second kappa shape index (κ2) is 9.21. The number of rotatable bonds is 7. The topological polar surface area (TPSA) is 61.4 Å². The van der Waals surface area contributed by atoms with Gasteiger partial charge in [-0.25, -0.2) is 0 Å². The number of aryl methyl sites for hydroxylation is 1. The van der Waals surface area contributed by atoms with Crippen molar-refractivity contribution in [3.05, 3.63) is 65.2 Å². The lowest BCUT2D eigenvalue weighted by Gasteiger charge is -2.22. The third-order valence-corrected chi connectivity index (χ3v) is 4.54. The molecule has 0 radical (unpaired) electrons. The number of carbonyl (C=O) groups is 2. The van der Waals surface area contributed by atoms with Crippen molar-refractivity contribution in [3.8, 4) is 0 Å². The fourth-order valence-corrected chi connectivity index (χ4v) is 2.79. The van der Waals surface area contributed by atoms with Crippen molar-refractivity contribution in [2.45, 2.75) is 33.4 Å². The Balaban J connectivity index is 2.00. The number of benzene rings is 2. The van der Waals surface area contributed by atoms with Gasteiger partial charge in [-0.3, -0.25) is 9.59 Å². The Hall–Kier alpha value is -2.82. The summed E-state index contributed by atoms with van der Waals surface area (Å²) >= 11 is 0. The summed E-state index contributed by atoms with van der Waals surface area (Å²) in [5, 5.41) is 5.81. The van der Waals surface area contributed by atoms with Gasteiger partial charge >= 0.3 is 0 Å². The molecule has 0 aliphatic heterocycles. The molecule has 2 amide bonds. The lowest BCUT2D eigenvalue weighted by atomic mass is 10.0. The van der Waals surface area contributed by atoms with Crippen molar-refractivity contribution in [1.82, 2.24) is 10.6 Å². The summed E-state index contributed by atoms with van der Waals surface area (Å²) in [6.45, 7) is 6.16. The largest absolute Gasteiger partial charge is 0.378 e. The SMILES string of the molecule is Cc1ccccc1C(=O)N[C@H](C(=O)NCc1ccc(N(C)C)cc1)C(C)C. The molecule has 0 aliphatic carbocycles. The number of carbonyl (C=O) groups excluding carboxylic acids is 2. The van der Waals surface area contributed by atoms with E-state index in [4.69, 9.17) is 0 Å². The minimum absolute atomic E-state index is 0.0194. The quantitative estimate of drug-likeness (QED) is 0.790. The molecular weight excluding hydrogens is 338 g/mol. The van der Waals surface area contributed by atoms with E-state index in [9.17, 15) is 9.59 Å². The zero-order valence-corrected chi connectivity index (χ0v) is 16.7. The smallest absolute Gasteiger partial charge is 0.252 e. The van der Waals surface area contributed by atoms with Crippen LogP contribution in [0.1, 0.15) is 35.3 Å². The van der Waals surface area contributed by atoms with Gasteiger partial charge in [-0.2, -0.15) is 0 Å². The third-order valence-electron chi connectivity index (χ3n) is 4.54. The number of nitrogens with one attached hydrogen (secondary N) is 2. The van der Waals surface area contributed by atoms with Crippen LogP contribution in [0.5, 0.6) is 0 Å². The Kier molecular flexibility index (Phi) is 6.99. The number of hydrogen-bond acceptors (Lipinski definition) is 3. The molecule has 0 aliphatic rings. The maximum Gasteiger partial charge on any atom is 0.252 e. The van der Waals surface area contributed by atoms with E-state index in [0.717, 1.165) is 16.8 Å². The van der Waals surface area contributed by atoms with Crippen LogP contribution in [0, 0.1) is 12.8 Å². The molecule has 2 N–H and O–H groups in total. The van der Waals surface area contributed by atoms with Gasteiger partial charge in [0.15, 0.2) is 0 Å². The average Bonchev–Trinajstić information content (AvgIpc) is 2.64. The highest BCUT2D eigenvalue weighted by molar-refractivity contribution is 5.98. The van der Waals surface area contributed by atoms with Crippen LogP contribution in [0.25, 0.3) is 0 Å². The summed E-state index contributed by atoms with van der Waals surface area (Å²) in [4.78, 5) is 27.2. The van der Waals surface area contributed by atoms with E-state index in [1.165, 1.54) is 0 Å².